The number of hydrogen-bond donors (Lipinski definition) is 2. The van der Waals surface area contributed by atoms with Crippen LogP contribution in [0.1, 0.15) is 29.9 Å². The molecule has 0 radical (unpaired) electrons. The second kappa shape index (κ2) is 5.53. The van der Waals surface area contributed by atoms with E-state index in [1.807, 2.05) is 0 Å². The highest BCUT2D eigenvalue weighted by Gasteiger charge is 2.33. The summed E-state index contributed by atoms with van der Waals surface area (Å²) in [6.07, 6.45) is 3.85. The molecule has 0 aliphatic carbocycles. The van der Waals surface area contributed by atoms with Gasteiger partial charge >= 0.3 is 0 Å². The van der Waals surface area contributed by atoms with Crippen molar-refractivity contribution in [1.82, 2.24) is 15.2 Å². The average Bonchev–Trinajstić information content (AvgIpc) is 3.03. The number of H-pyrrole nitrogens is 1. The Morgan fingerprint density at radius 3 is 2.70 bits per heavy atom. The van der Waals surface area contributed by atoms with Gasteiger partial charge in [-0.2, -0.15) is 0 Å². The number of anilines is 1. The first-order valence-corrected chi connectivity index (χ1v) is 9.21. The van der Waals surface area contributed by atoms with Crippen molar-refractivity contribution in [2.45, 2.75) is 25.2 Å². The Labute approximate surface area is 137 Å². The normalized spacial score (nSPS) is 22.0. The van der Waals surface area contributed by atoms with Gasteiger partial charge in [0.05, 0.1) is 0 Å². The minimum absolute atomic E-state index is 0.784. The second-order valence-corrected chi connectivity index (χ2v) is 7.37. The van der Waals surface area contributed by atoms with Gasteiger partial charge in [0.1, 0.15) is 5.82 Å². The molecule has 6 rings (SSSR count). The summed E-state index contributed by atoms with van der Waals surface area (Å²) in [5, 5.41) is 4.93. The van der Waals surface area contributed by atoms with Crippen LogP contribution in [0.5, 0.6) is 0 Å². The molecule has 2 aromatic rings. The first-order valence-electron chi connectivity index (χ1n) is 9.21. The lowest BCUT2D eigenvalue weighted by Gasteiger charge is -2.40. The zero-order valence-corrected chi connectivity index (χ0v) is 13.8. The van der Waals surface area contributed by atoms with E-state index in [4.69, 9.17) is 0 Å². The molecule has 0 unspecified atom stereocenters. The quantitative estimate of drug-likeness (QED) is 0.913. The molecule has 1 aromatic heterocycles. The fourth-order valence-electron chi connectivity index (χ4n) is 4.68. The van der Waals surface area contributed by atoms with Gasteiger partial charge in [-0.15, -0.1) is 0 Å². The van der Waals surface area contributed by atoms with Crippen molar-refractivity contribution in [1.29, 1.82) is 0 Å². The molecule has 4 aliphatic rings. The molecule has 23 heavy (non-hydrogen) atoms. The monoisotopic (exact) mass is 310 g/mol. The molecule has 1 aromatic carbocycles. The van der Waals surface area contributed by atoms with E-state index in [2.05, 4.69) is 38.3 Å². The summed E-state index contributed by atoms with van der Waals surface area (Å²) in [6, 6.07) is 7.10. The summed E-state index contributed by atoms with van der Waals surface area (Å²) in [6.45, 7) is 8.33. The van der Waals surface area contributed by atoms with Crippen LogP contribution in [-0.4, -0.2) is 55.7 Å². The number of piperidine rings is 1. The highest BCUT2D eigenvalue weighted by Crippen LogP contribution is 2.45. The predicted octanol–water partition coefficient (Wildman–Crippen LogP) is 2.31. The molecule has 2 fully saturated rings. The molecule has 4 nitrogen and oxygen atoms in total. The van der Waals surface area contributed by atoms with Gasteiger partial charge in [-0.05, 0) is 42.9 Å². The van der Waals surface area contributed by atoms with Crippen LogP contribution in [0.25, 0.3) is 10.9 Å². The van der Waals surface area contributed by atoms with Gasteiger partial charge in [-0.1, -0.05) is 6.07 Å². The third kappa shape index (κ3) is 2.36. The first kappa shape index (κ1) is 13.9. The van der Waals surface area contributed by atoms with Crippen LogP contribution in [0.2, 0.25) is 0 Å². The van der Waals surface area contributed by atoms with E-state index in [1.165, 1.54) is 74.3 Å². The maximum atomic E-state index is 3.69. The number of rotatable bonds is 3. The standard InChI is InChI=1S/C19H26N4/c1-2-17-16(13-14(1)3-8-22-11-6-20-7-12-22)18-15-4-9-23(10-5-15)19(18)21-17/h1-2,13,15,20-21H,3-12H2. The van der Waals surface area contributed by atoms with Crippen molar-refractivity contribution in [3.8, 4) is 0 Å². The number of benzene rings is 1. The molecule has 2 saturated heterocycles. The molecule has 122 valence electrons. The number of piperazine rings is 1. The van der Waals surface area contributed by atoms with E-state index < -0.39 is 0 Å². The highest BCUT2D eigenvalue weighted by molar-refractivity contribution is 5.91. The lowest BCUT2D eigenvalue weighted by atomic mass is 9.84. The minimum atomic E-state index is 0.784. The Kier molecular flexibility index (Phi) is 3.34. The van der Waals surface area contributed by atoms with E-state index in [-0.39, 0.29) is 0 Å². The van der Waals surface area contributed by atoms with Crippen molar-refractivity contribution in [3.63, 3.8) is 0 Å². The fraction of sp³-hybridized carbons (Fsp3) is 0.579. The number of aromatic amines is 1. The summed E-state index contributed by atoms with van der Waals surface area (Å²) >= 11 is 0. The number of aromatic nitrogens is 1. The van der Waals surface area contributed by atoms with E-state index in [1.54, 1.807) is 5.56 Å². The van der Waals surface area contributed by atoms with Crippen LogP contribution < -0.4 is 10.2 Å². The van der Waals surface area contributed by atoms with Gasteiger partial charge < -0.3 is 20.1 Å². The molecule has 0 amide bonds. The molecule has 2 N–H and O–H groups in total. The van der Waals surface area contributed by atoms with Crippen LogP contribution in [0.15, 0.2) is 18.2 Å². The molecular formula is C19H26N4. The van der Waals surface area contributed by atoms with Gasteiger partial charge in [-0.25, -0.2) is 0 Å². The Bertz CT molecular complexity index is 705. The third-order valence-electron chi connectivity index (χ3n) is 6.03. The Balaban J connectivity index is 1.42. The fourth-order valence-corrected chi connectivity index (χ4v) is 4.68. The van der Waals surface area contributed by atoms with Crippen molar-refractivity contribution in [2.24, 2.45) is 0 Å². The van der Waals surface area contributed by atoms with E-state index in [0.717, 1.165) is 19.0 Å². The summed E-state index contributed by atoms with van der Waals surface area (Å²) in [7, 11) is 0. The Morgan fingerprint density at radius 1 is 1.04 bits per heavy atom. The van der Waals surface area contributed by atoms with Crippen LogP contribution in [0.4, 0.5) is 5.82 Å². The highest BCUT2D eigenvalue weighted by atomic mass is 15.2. The molecule has 5 heterocycles. The van der Waals surface area contributed by atoms with Crippen molar-refractivity contribution in [3.05, 3.63) is 29.3 Å². The van der Waals surface area contributed by atoms with E-state index in [0.29, 0.717) is 0 Å². The second-order valence-electron chi connectivity index (χ2n) is 7.37. The number of nitrogens with zero attached hydrogens (tertiary/aromatic N) is 2. The van der Waals surface area contributed by atoms with Gasteiger partial charge in [0.15, 0.2) is 0 Å². The summed E-state index contributed by atoms with van der Waals surface area (Å²) in [5.74, 6) is 2.20. The van der Waals surface area contributed by atoms with Crippen LogP contribution >= 0.6 is 0 Å². The van der Waals surface area contributed by atoms with Gasteiger partial charge in [0.25, 0.3) is 0 Å². The smallest absolute Gasteiger partial charge is 0.110 e. The number of hydrogen-bond acceptors (Lipinski definition) is 3. The predicted molar refractivity (Wildman–Crippen MR) is 95.5 cm³/mol. The Morgan fingerprint density at radius 2 is 1.87 bits per heavy atom. The third-order valence-corrected chi connectivity index (χ3v) is 6.03. The van der Waals surface area contributed by atoms with Crippen molar-refractivity contribution < 1.29 is 0 Å². The summed E-state index contributed by atoms with van der Waals surface area (Å²) < 4.78 is 0. The van der Waals surface area contributed by atoms with Crippen molar-refractivity contribution >= 4 is 16.7 Å². The van der Waals surface area contributed by atoms with Gasteiger partial charge in [0.2, 0.25) is 0 Å². The zero-order valence-electron chi connectivity index (χ0n) is 13.8. The number of nitrogens with one attached hydrogen (secondary N) is 2. The Hall–Kier alpha value is -1.52. The molecule has 0 saturated carbocycles. The van der Waals surface area contributed by atoms with E-state index in [9.17, 15) is 0 Å². The molecule has 4 aliphatic heterocycles. The topological polar surface area (TPSA) is 34.3 Å². The average molecular weight is 310 g/mol. The SMILES string of the molecule is c1cc2[nH]c3c(c2cc1CCN1CCNCC1)C1CCN3CC1. The van der Waals surface area contributed by atoms with Gasteiger partial charge in [-0.3, -0.25) is 0 Å². The first-order chi connectivity index (χ1) is 11.4. The zero-order chi connectivity index (χ0) is 15.2. The number of fused-ring (bicyclic) bond motifs is 3. The summed E-state index contributed by atoms with van der Waals surface area (Å²) in [5.41, 5.74) is 4.44. The lowest BCUT2D eigenvalue weighted by Crippen LogP contribution is -2.44. The molecule has 4 heteroatoms. The molecular weight excluding hydrogens is 284 g/mol. The molecule has 0 spiro atoms. The van der Waals surface area contributed by atoms with Crippen LogP contribution in [0, 0.1) is 0 Å². The van der Waals surface area contributed by atoms with Gasteiger partial charge in [0, 0.05) is 62.3 Å². The maximum Gasteiger partial charge on any atom is 0.110 e. The maximum absolute atomic E-state index is 3.69. The van der Waals surface area contributed by atoms with E-state index >= 15 is 0 Å². The lowest BCUT2D eigenvalue weighted by molar-refractivity contribution is 0.244. The van der Waals surface area contributed by atoms with Crippen LogP contribution in [0.3, 0.4) is 0 Å². The van der Waals surface area contributed by atoms with Crippen LogP contribution in [-0.2, 0) is 6.42 Å². The van der Waals surface area contributed by atoms with Crippen molar-refractivity contribution in [2.75, 3.05) is 50.7 Å². The summed E-state index contributed by atoms with van der Waals surface area (Å²) in [4.78, 5) is 8.82. The molecule has 2 bridgehead atoms. The largest absolute Gasteiger partial charge is 0.358 e. The molecule has 0 atom stereocenters. The minimum Gasteiger partial charge on any atom is -0.358 e.